The average molecular weight is 199 g/mol. The van der Waals surface area contributed by atoms with Crippen molar-refractivity contribution in [2.75, 3.05) is 11.8 Å². The van der Waals surface area contributed by atoms with E-state index in [0.29, 0.717) is 11.8 Å². The van der Waals surface area contributed by atoms with Crippen molar-refractivity contribution in [2.24, 2.45) is 0 Å². The van der Waals surface area contributed by atoms with Gasteiger partial charge in [0.2, 0.25) is 0 Å². The Bertz CT molecular complexity index is 110. The molecular weight excluding hydrogens is 187 g/mol. The Morgan fingerprint density at radius 2 is 1.27 bits per heavy atom. The zero-order valence-electron chi connectivity index (χ0n) is 6.69. The second-order valence-corrected chi connectivity index (χ2v) is 2.71. The lowest BCUT2D eigenvalue weighted by atomic mass is 10.2. The predicted octanol–water partition coefficient (Wildman–Crippen LogP) is 2.02. The second kappa shape index (κ2) is 9.92. The predicted molar refractivity (Wildman–Crippen MR) is 47.4 cm³/mol. The lowest BCUT2D eigenvalue weighted by molar-refractivity contribution is -0.124. The van der Waals surface area contributed by atoms with Crippen molar-refractivity contribution in [1.82, 2.24) is 0 Å². The highest BCUT2D eigenvalue weighted by Crippen LogP contribution is 1.80. The number of alkyl halides is 2. The molecule has 0 rings (SSSR count). The fourth-order valence-corrected chi connectivity index (χ4v) is 0.351. The summed E-state index contributed by atoms with van der Waals surface area (Å²) in [5.74, 6) is 0.989. The van der Waals surface area contributed by atoms with Crippen molar-refractivity contribution in [3.63, 3.8) is 0 Å². The van der Waals surface area contributed by atoms with Crippen LogP contribution in [0.15, 0.2) is 0 Å². The van der Waals surface area contributed by atoms with E-state index in [2.05, 4.69) is 0 Å². The molecule has 0 heterocycles. The van der Waals surface area contributed by atoms with Crippen LogP contribution in [-0.2, 0) is 9.59 Å². The maximum Gasteiger partial charge on any atom is 0.137 e. The molecule has 0 aromatic carbocycles. The Balaban J connectivity index is 0. The number of hydrogen-bond acceptors (Lipinski definition) is 2. The van der Waals surface area contributed by atoms with Crippen molar-refractivity contribution in [3.8, 4) is 0 Å². The number of Topliss-reactive ketones (excluding diaryl/α,β-unsaturated/α-hetero) is 2. The highest BCUT2D eigenvalue weighted by atomic mass is 35.5. The minimum absolute atomic E-state index is 0.0625. The fourth-order valence-electron chi connectivity index (χ4n) is 0.351. The minimum atomic E-state index is -0.0625. The van der Waals surface area contributed by atoms with Crippen molar-refractivity contribution in [1.29, 1.82) is 0 Å². The minimum Gasteiger partial charge on any atom is -0.300 e. The zero-order valence-corrected chi connectivity index (χ0v) is 8.21. The van der Waals surface area contributed by atoms with E-state index in [4.69, 9.17) is 23.2 Å². The van der Waals surface area contributed by atoms with E-state index in [1.54, 1.807) is 0 Å². The Kier molecular flexibility index (Phi) is 12.2. The van der Waals surface area contributed by atoms with Gasteiger partial charge in [0.25, 0.3) is 0 Å². The Labute approximate surface area is 76.9 Å². The SMILES string of the molecule is CC(=O)CC(C)=O.ClCCCl. The number of carbonyl (C=O) groups is 2. The van der Waals surface area contributed by atoms with E-state index in [-0.39, 0.29) is 18.0 Å². The van der Waals surface area contributed by atoms with Gasteiger partial charge in [0.05, 0.1) is 6.42 Å². The van der Waals surface area contributed by atoms with E-state index in [0.717, 1.165) is 0 Å². The number of rotatable bonds is 3. The van der Waals surface area contributed by atoms with E-state index in [1.165, 1.54) is 13.8 Å². The summed E-state index contributed by atoms with van der Waals surface area (Å²) in [6.07, 6.45) is 0.0833. The monoisotopic (exact) mass is 198 g/mol. The van der Waals surface area contributed by atoms with E-state index in [1.807, 2.05) is 0 Å². The third kappa shape index (κ3) is 25.7. The molecule has 2 nitrogen and oxygen atoms in total. The summed E-state index contributed by atoms with van der Waals surface area (Å²) in [5, 5.41) is 0. The Morgan fingerprint density at radius 1 is 1.00 bits per heavy atom. The number of ketones is 2. The summed E-state index contributed by atoms with van der Waals surface area (Å²) in [4.78, 5) is 20.1. The second-order valence-electron chi connectivity index (χ2n) is 1.96. The summed E-state index contributed by atoms with van der Waals surface area (Å²) in [6.45, 7) is 2.81. The molecule has 0 N–H and O–H groups in total. The molecule has 0 amide bonds. The highest BCUT2D eigenvalue weighted by Gasteiger charge is 1.94. The number of carbonyl (C=O) groups excluding carboxylic acids is 2. The molecule has 0 aromatic rings. The van der Waals surface area contributed by atoms with Crippen LogP contribution in [0.1, 0.15) is 20.3 Å². The molecule has 0 radical (unpaired) electrons. The summed E-state index contributed by atoms with van der Waals surface area (Å²) in [7, 11) is 0. The molecule has 0 saturated heterocycles. The lowest BCUT2D eigenvalue weighted by Gasteiger charge is -1.81. The van der Waals surface area contributed by atoms with Crippen molar-refractivity contribution < 1.29 is 9.59 Å². The lowest BCUT2D eigenvalue weighted by Crippen LogP contribution is -1.97. The maximum atomic E-state index is 10.0. The topological polar surface area (TPSA) is 34.1 Å². The quantitative estimate of drug-likeness (QED) is 0.514. The average Bonchev–Trinajstić information content (AvgIpc) is 1.85. The molecule has 11 heavy (non-hydrogen) atoms. The van der Waals surface area contributed by atoms with Crippen LogP contribution in [0.3, 0.4) is 0 Å². The summed E-state index contributed by atoms with van der Waals surface area (Å²) in [5.41, 5.74) is 0. The van der Waals surface area contributed by atoms with Crippen LogP contribution in [-0.4, -0.2) is 23.3 Å². The number of hydrogen-bond donors (Lipinski definition) is 0. The molecule has 0 atom stereocenters. The van der Waals surface area contributed by atoms with Crippen molar-refractivity contribution >= 4 is 34.8 Å². The molecule has 0 bridgehead atoms. The molecule has 0 aromatic heterocycles. The van der Waals surface area contributed by atoms with Crippen LogP contribution in [0.25, 0.3) is 0 Å². The summed E-state index contributed by atoms with van der Waals surface area (Å²) < 4.78 is 0. The van der Waals surface area contributed by atoms with Gasteiger partial charge in [-0.1, -0.05) is 0 Å². The molecule has 0 aliphatic rings. The van der Waals surface area contributed by atoms with Crippen LogP contribution in [0.4, 0.5) is 0 Å². The van der Waals surface area contributed by atoms with Gasteiger partial charge in [-0.2, -0.15) is 0 Å². The molecule has 66 valence electrons. The van der Waals surface area contributed by atoms with Gasteiger partial charge in [0.1, 0.15) is 11.6 Å². The van der Waals surface area contributed by atoms with Gasteiger partial charge in [-0.05, 0) is 13.8 Å². The largest absolute Gasteiger partial charge is 0.300 e. The molecule has 0 aliphatic carbocycles. The highest BCUT2D eigenvalue weighted by molar-refractivity contribution is 6.25. The van der Waals surface area contributed by atoms with Crippen LogP contribution in [0.5, 0.6) is 0 Å². The summed E-state index contributed by atoms with van der Waals surface area (Å²) in [6, 6.07) is 0. The smallest absolute Gasteiger partial charge is 0.137 e. The molecule has 0 saturated carbocycles. The van der Waals surface area contributed by atoms with Gasteiger partial charge in [-0.3, -0.25) is 9.59 Å². The van der Waals surface area contributed by atoms with Crippen LogP contribution < -0.4 is 0 Å². The third-order valence-corrected chi connectivity index (χ3v) is 1.14. The third-order valence-electron chi connectivity index (χ3n) is 0.569. The number of halogens is 2. The standard InChI is InChI=1S/C5H8O2.C2H4Cl2/c1-4(6)3-5(2)7;3-1-2-4/h3H2,1-2H3;1-2H2. The van der Waals surface area contributed by atoms with Gasteiger partial charge in [0.15, 0.2) is 0 Å². The molecule has 0 fully saturated rings. The van der Waals surface area contributed by atoms with Gasteiger partial charge in [-0.15, -0.1) is 23.2 Å². The molecule has 4 heteroatoms. The fraction of sp³-hybridized carbons (Fsp3) is 0.714. The zero-order chi connectivity index (χ0) is 9.28. The van der Waals surface area contributed by atoms with Crippen LogP contribution in [0.2, 0.25) is 0 Å². The van der Waals surface area contributed by atoms with E-state index >= 15 is 0 Å². The Morgan fingerprint density at radius 3 is 1.27 bits per heavy atom. The van der Waals surface area contributed by atoms with Gasteiger partial charge >= 0.3 is 0 Å². The first-order valence-corrected chi connectivity index (χ1v) is 4.22. The molecule has 0 aliphatic heterocycles. The van der Waals surface area contributed by atoms with Gasteiger partial charge in [0, 0.05) is 11.8 Å². The first-order chi connectivity index (χ1) is 5.04. The first kappa shape index (κ1) is 13.5. The van der Waals surface area contributed by atoms with Crippen molar-refractivity contribution in [2.45, 2.75) is 20.3 Å². The normalized spacial score (nSPS) is 8.00. The molecule has 0 spiro atoms. The molecular formula is C7H12Cl2O2. The van der Waals surface area contributed by atoms with Gasteiger partial charge in [-0.25, -0.2) is 0 Å². The Hall–Kier alpha value is -0.0800. The first-order valence-electron chi connectivity index (χ1n) is 3.15. The van der Waals surface area contributed by atoms with Gasteiger partial charge < -0.3 is 0 Å². The van der Waals surface area contributed by atoms with Crippen LogP contribution in [0, 0.1) is 0 Å². The maximum absolute atomic E-state index is 10.0. The van der Waals surface area contributed by atoms with Crippen LogP contribution >= 0.6 is 23.2 Å². The van der Waals surface area contributed by atoms with E-state index in [9.17, 15) is 9.59 Å². The van der Waals surface area contributed by atoms with E-state index < -0.39 is 0 Å². The van der Waals surface area contributed by atoms with Crippen molar-refractivity contribution in [3.05, 3.63) is 0 Å². The summed E-state index contributed by atoms with van der Waals surface area (Å²) >= 11 is 10.1. The molecule has 0 unspecified atom stereocenters.